The summed E-state index contributed by atoms with van der Waals surface area (Å²) in [7, 11) is -3.22. The Hall–Kier alpha value is -4.15. The highest BCUT2D eigenvalue weighted by Gasteiger charge is 2.50. The van der Waals surface area contributed by atoms with E-state index in [1.807, 2.05) is 4.90 Å². The van der Waals surface area contributed by atoms with Crippen molar-refractivity contribution >= 4 is 37.3 Å². The summed E-state index contributed by atoms with van der Waals surface area (Å²) in [4.78, 5) is 17.7. The van der Waals surface area contributed by atoms with Gasteiger partial charge in [-0.2, -0.15) is 9.97 Å². The summed E-state index contributed by atoms with van der Waals surface area (Å²) in [5, 5.41) is 11.4. The third-order valence-corrected chi connectivity index (χ3v) is 13.8. The van der Waals surface area contributed by atoms with Gasteiger partial charge in [-0.1, -0.05) is 12.0 Å². The van der Waals surface area contributed by atoms with Crippen LogP contribution >= 0.6 is 0 Å². The monoisotopic (exact) mass is 677 g/mol. The molecule has 2 aromatic carbocycles. The molecule has 48 heavy (non-hydrogen) atoms. The Balaban J connectivity index is 1.25. The van der Waals surface area contributed by atoms with Crippen LogP contribution in [0.1, 0.15) is 50.5 Å². The van der Waals surface area contributed by atoms with E-state index in [-0.39, 0.29) is 57.2 Å². The van der Waals surface area contributed by atoms with E-state index < -0.39 is 37.9 Å². The number of hydrogen-bond acceptors (Lipinski definition) is 9. The van der Waals surface area contributed by atoms with E-state index in [1.54, 1.807) is 0 Å². The predicted molar refractivity (Wildman–Crippen MR) is 176 cm³/mol. The number of halogens is 3. The number of terminal acetylenes is 1. The minimum Gasteiger partial charge on any atom is -0.508 e. The number of rotatable bonds is 5. The molecule has 1 spiro atoms. The van der Waals surface area contributed by atoms with Gasteiger partial charge in [0.25, 0.3) is 0 Å². The van der Waals surface area contributed by atoms with Gasteiger partial charge in [-0.3, -0.25) is 9.88 Å². The fourth-order valence-corrected chi connectivity index (χ4v) is 10.8. The van der Waals surface area contributed by atoms with Crippen molar-refractivity contribution in [1.29, 1.82) is 0 Å². The zero-order valence-corrected chi connectivity index (χ0v) is 27.0. The normalized spacial score (nSPS) is 24.8. The van der Waals surface area contributed by atoms with E-state index in [2.05, 4.69) is 20.8 Å². The smallest absolute Gasteiger partial charge is 0.319 e. The number of alkyl halides is 1. The summed E-state index contributed by atoms with van der Waals surface area (Å²) in [5.74, 6) is 1.17. The predicted octanol–water partition coefficient (Wildman–Crippen LogP) is 5.31. The van der Waals surface area contributed by atoms with Crippen LogP contribution < -0.4 is 9.64 Å². The number of aromatic hydroxyl groups is 1. The average molecular weight is 678 g/mol. The molecule has 4 aromatic rings. The largest absolute Gasteiger partial charge is 0.508 e. The first-order chi connectivity index (χ1) is 23.0. The molecule has 0 aliphatic carbocycles. The number of aromatic nitrogens is 3. The molecule has 0 unspecified atom stereocenters. The fourth-order valence-electron chi connectivity index (χ4n) is 8.56. The molecule has 4 aliphatic heterocycles. The van der Waals surface area contributed by atoms with Gasteiger partial charge in [0.15, 0.2) is 15.7 Å². The van der Waals surface area contributed by atoms with Crippen LogP contribution in [0, 0.1) is 24.0 Å². The highest BCUT2D eigenvalue weighted by molar-refractivity contribution is 7.93. The maximum Gasteiger partial charge on any atom is 0.319 e. The average Bonchev–Trinajstić information content (AvgIpc) is 3.69. The first kappa shape index (κ1) is 31.1. The number of anilines is 1. The Morgan fingerprint density at radius 2 is 1.90 bits per heavy atom. The summed E-state index contributed by atoms with van der Waals surface area (Å²) >= 11 is 0. The van der Waals surface area contributed by atoms with Gasteiger partial charge in [-0.15, -0.1) is 6.42 Å². The minimum absolute atomic E-state index is 0.0891. The lowest BCUT2D eigenvalue weighted by molar-refractivity contribution is 0.107. The summed E-state index contributed by atoms with van der Waals surface area (Å²) in [6.45, 7) is 1.98. The van der Waals surface area contributed by atoms with Crippen molar-refractivity contribution in [1.82, 2.24) is 19.9 Å². The van der Waals surface area contributed by atoms with Crippen LogP contribution in [0.15, 0.2) is 30.5 Å². The van der Waals surface area contributed by atoms with Gasteiger partial charge in [0, 0.05) is 43.2 Å². The summed E-state index contributed by atoms with van der Waals surface area (Å²) in [5.41, 5.74) is -0.814. The van der Waals surface area contributed by atoms with Crippen LogP contribution in [0.25, 0.3) is 32.9 Å². The lowest BCUT2D eigenvalue weighted by Crippen LogP contribution is -2.47. The second kappa shape index (κ2) is 11.2. The first-order valence-electron chi connectivity index (χ1n) is 16.3. The van der Waals surface area contributed by atoms with Crippen molar-refractivity contribution in [3.05, 3.63) is 47.7 Å². The molecule has 4 fully saturated rings. The lowest BCUT2D eigenvalue weighted by Gasteiger charge is -2.39. The van der Waals surface area contributed by atoms with Crippen molar-refractivity contribution < 1.29 is 31.4 Å². The van der Waals surface area contributed by atoms with Crippen molar-refractivity contribution in [2.24, 2.45) is 0 Å². The SMILES string of the molecule is C#Cc1c(F)ccc2cc(O)cc(-c3ncc4c(N5CCC6(CCCS6(=O)=O)CC5)nc(OC[C@@]56CCCN5C[C@H](F)C6)nc4c3F)c12. The van der Waals surface area contributed by atoms with Crippen molar-refractivity contribution in [3.63, 3.8) is 0 Å². The maximum absolute atomic E-state index is 16.8. The van der Waals surface area contributed by atoms with Gasteiger partial charge in [-0.05, 0) is 68.7 Å². The van der Waals surface area contributed by atoms with Crippen LogP contribution in [0.5, 0.6) is 11.8 Å². The van der Waals surface area contributed by atoms with E-state index in [4.69, 9.17) is 16.1 Å². The summed E-state index contributed by atoms with van der Waals surface area (Å²) < 4.78 is 77.5. The third-order valence-electron chi connectivity index (χ3n) is 11.0. The number of piperidine rings is 1. The van der Waals surface area contributed by atoms with Crippen molar-refractivity contribution in [2.45, 2.75) is 61.4 Å². The molecular weight excluding hydrogens is 643 g/mol. The Bertz CT molecular complexity index is 2130. The van der Waals surface area contributed by atoms with Crippen LogP contribution in [-0.2, 0) is 9.84 Å². The molecular formula is C35H34F3N5O4S. The van der Waals surface area contributed by atoms with Gasteiger partial charge in [0.2, 0.25) is 0 Å². The number of nitrogens with zero attached hydrogens (tertiary/aromatic N) is 5. The van der Waals surface area contributed by atoms with E-state index >= 15 is 4.39 Å². The highest BCUT2D eigenvalue weighted by Crippen LogP contribution is 2.44. The molecule has 9 nitrogen and oxygen atoms in total. The zero-order chi connectivity index (χ0) is 33.4. The van der Waals surface area contributed by atoms with E-state index in [0.717, 1.165) is 19.4 Å². The second-order valence-electron chi connectivity index (χ2n) is 13.6. The molecule has 2 atom stereocenters. The first-order valence-corrected chi connectivity index (χ1v) is 18.0. The second-order valence-corrected chi connectivity index (χ2v) is 16.1. The maximum atomic E-state index is 16.8. The minimum atomic E-state index is -3.22. The molecule has 4 saturated heterocycles. The van der Waals surface area contributed by atoms with Gasteiger partial charge in [0.1, 0.15) is 41.4 Å². The van der Waals surface area contributed by atoms with Gasteiger partial charge < -0.3 is 14.7 Å². The number of hydrogen-bond donors (Lipinski definition) is 1. The number of phenols is 1. The number of phenolic OH excluding ortho intramolecular Hbond substituents is 1. The van der Waals surface area contributed by atoms with Crippen molar-refractivity contribution in [3.8, 4) is 35.4 Å². The van der Waals surface area contributed by atoms with Crippen molar-refractivity contribution in [2.75, 3.05) is 43.4 Å². The van der Waals surface area contributed by atoms with E-state index in [1.165, 1.54) is 30.5 Å². The highest BCUT2D eigenvalue weighted by atomic mass is 32.2. The van der Waals surface area contributed by atoms with E-state index in [0.29, 0.717) is 62.9 Å². The van der Waals surface area contributed by atoms with Gasteiger partial charge in [0.05, 0.1) is 27.0 Å². The number of ether oxygens (including phenoxy) is 1. The molecule has 2 aromatic heterocycles. The number of sulfone groups is 1. The van der Waals surface area contributed by atoms with Crippen LogP contribution in [-0.4, -0.2) is 88.4 Å². The molecule has 0 saturated carbocycles. The Morgan fingerprint density at radius 1 is 1.08 bits per heavy atom. The fraction of sp³-hybridized carbons (Fsp3) is 0.457. The lowest BCUT2D eigenvalue weighted by atomic mass is 9.91. The Labute approximate surface area is 276 Å². The van der Waals surface area contributed by atoms with Gasteiger partial charge in [-0.25, -0.2) is 21.6 Å². The molecule has 6 heterocycles. The Morgan fingerprint density at radius 3 is 2.65 bits per heavy atom. The molecule has 250 valence electrons. The molecule has 0 bridgehead atoms. The molecule has 0 amide bonds. The molecule has 0 radical (unpaired) electrons. The molecule has 4 aliphatic rings. The molecule has 1 N–H and O–H groups in total. The van der Waals surface area contributed by atoms with E-state index in [9.17, 15) is 22.3 Å². The molecule has 13 heteroatoms. The summed E-state index contributed by atoms with van der Waals surface area (Å²) in [6, 6.07) is 5.24. The number of benzene rings is 2. The zero-order valence-electron chi connectivity index (χ0n) is 26.2. The van der Waals surface area contributed by atoms with Gasteiger partial charge >= 0.3 is 6.01 Å². The summed E-state index contributed by atoms with van der Waals surface area (Å²) in [6.07, 6.45) is 10.2. The topological polar surface area (TPSA) is 109 Å². The van der Waals surface area contributed by atoms with Crippen LogP contribution in [0.3, 0.4) is 0 Å². The number of fused-ring (bicyclic) bond motifs is 3. The standard InChI is InChI=1S/C35H34F3N5O4S/c1-2-24-27(37)6-5-21-15-23(44)16-25(28(21)24)30-29(38)31-26(18-39-30)32(42-12-9-35(10-13-42)8-4-14-48(35,45)46)41-33(40-31)47-20-34-7-3-11-43(34)19-22(36)17-34/h1,5-6,15-16,18,22,44H,3-4,7-14,17,19-20H2/t22-,34+/m1/s1. The molecule has 8 rings (SSSR count). The van der Waals surface area contributed by atoms with Crippen LogP contribution in [0.4, 0.5) is 19.0 Å². The third kappa shape index (κ3) is 4.78. The van der Waals surface area contributed by atoms with Crippen LogP contribution in [0.2, 0.25) is 0 Å². The Kier molecular flexibility index (Phi) is 7.27. The number of pyridine rings is 1. The quantitative estimate of drug-likeness (QED) is 0.281.